The minimum absolute atomic E-state index is 0.0731. The maximum absolute atomic E-state index is 12.0. The molecular weight excluding hydrogens is 340 g/mol. The van der Waals surface area contributed by atoms with Gasteiger partial charge in [-0.1, -0.05) is 42.5 Å². The molecule has 136 valence electrons. The first-order chi connectivity index (χ1) is 13.3. The van der Waals surface area contributed by atoms with Gasteiger partial charge in [0.05, 0.1) is 0 Å². The molecule has 1 N–H and O–H groups in total. The molecule has 2 aromatic carbocycles. The average Bonchev–Trinajstić information content (AvgIpc) is 2.73. The molecule has 1 aliphatic heterocycles. The zero-order valence-corrected chi connectivity index (χ0v) is 14.8. The summed E-state index contributed by atoms with van der Waals surface area (Å²) in [6.07, 6.45) is 0.993. The van der Waals surface area contributed by atoms with Crippen molar-refractivity contribution in [1.29, 1.82) is 0 Å². The number of rotatable bonds is 5. The molecule has 0 spiro atoms. The number of benzene rings is 2. The zero-order chi connectivity index (χ0) is 18.5. The molecule has 2 heterocycles. The van der Waals surface area contributed by atoms with Crippen LogP contribution >= 0.6 is 0 Å². The Hall–Kier alpha value is -3.41. The Morgan fingerprint density at radius 2 is 1.74 bits per heavy atom. The molecule has 0 aliphatic carbocycles. The highest BCUT2D eigenvalue weighted by molar-refractivity contribution is 5.90. The molecule has 1 aliphatic rings. The largest absolute Gasteiger partial charge is 0.484 e. The molecule has 4 rings (SSSR count). The molecule has 3 aromatic rings. The minimum Gasteiger partial charge on any atom is -0.484 e. The van der Waals surface area contributed by atoms with Crippen molar-refractivity contribution in [3.05, 3.63) is 77.9 Å². The van der Waals surface area contributed by atoms with Crippen LogP contribution < -0.4 is 15.0 Å². The van der Waals surface area contributed by atoms with Gasteiger partial charge in [-0.15, -0.1) is 10.2 Å². The Kier molecular flexibility index (Phi) is 4.96. The van der Waals surface area contributed by atoms with E-state index in [1.807, 2.05) is 24.3 Å². The van der Waals surface area contributed by atoms with E-state index in [9.17, 15) is 4.79 Å². The van der Waals surface area contributed by atoms with Gasteiger partial charge in [-0.25, -0.2) is 0 Å². The van der Waals surface area contributed by atoms with Crippen LogP contribution in [0.2, 0.25) is 0 Å². The van der Waals surface area contributed by atoms with E-state index in [1.54, 1.807) is 18.2 Å². The number of carbonyl (C=O) groups is 1. The van der Waals surface area contributed by atoms with Crippen molar-refractivity contribution in [3.8, 4) is 5.75 Å². The predicted molar refractivity (Wildman–Crippen MR) is 104 cm³/mol. The quantitative estimate of drug-likeness (QED) is 0.757. The van der Waals surface area contributed by atoms with Gasteiger partial charge >= 0.3 is 0 Å². The third kappa shape index (κ3) is 4.23. The highest BCUT2D eigenvalue weighted by atomic mass is 16.5. The molecule has 1 aromatic heterocycles. The number of ether oxygens (including phenoxy) is 1. The lowest BCUT2D eigenvalue weighted by Gasteiger charge is -2.29. The van der Waals surface area contributed by atoms with Crippen LogP contribution in [0.4, 0.5) is 11.6 Å². The average molecular weight is 360 g/mol. The summed E-state index contributed by atoms with van der Waals surface area (Å²) in [5.41, 5.74) is 2.71. The van der Waals surface area contributed by atoms with Gasteiger partial charge in [0.1, 0.15) is 5.75 Å². The molecule has 0 saturated heterocycles. The Morgan fingerprint density at radius 3 is 2.52 bits per heavy atom. The number of nitrogens with zero attached hydrogens (tertiary/aromatic N) is 3. The first kappa shape index (κ1) is 17.0. The summed E-state index contributed by atoms with van der Waals surface area (Å²) in [7, 11) is 0. The Balaban J connectivity index is 1.33. The van der Waals surface area contributed by atoms with Gasteiger partial charge in [0.15, 0.2) is 18.2 Å². The molecule has 0 radical (unpaired) electrons. The van der Waals surface area contributed by atoms with Gasteiger partial charge in [0, 0.05) is 13.1 Å². The summed E-state index contributed by atoms with van der Waals surface area (Å²) in [5, 5.41) is 11.1. The number of amides is 1. The number of hydrogen-bond donors (Lipinski definition) is 1. The van der Waals surface area contributed by atoms with Crippen LogP contribution in [0, 0.1) is 0 Å². The Morgan fingerprint density at radius 1 is 0.963 bits per heavy atom. The van der Waals surface area contributed by atoms with E-state index in [1.165, 1.54) is 11.1 Å². The smallest absolute Gasteiger partial charge is 0.263 e. The van der Waals surface area contributed by atoms with E-state index in [2.05, 4.69) is 44.7 Å². The molecule has 0 unspecified atom stereocenters. The van der Waals surface area contributed by atoms with Crippen molar-refractivity contribution >= 4 is 17.5 Å². The molecule has 0 saturated carbocycles. The lowest BCUT2D eigenvalue weighted by atomic mass is 10.00. The van der Waals surface area contributed by atoms with Crippen molar-refractivity contribution in [2.75, 3.05) is 23.4 Å². The Labute approximate surface area is 157 Å². The molecule has 0 fully saturated rings. The third-order valence-electron chi connectivity index (χ3n) is 4.49. The summed E-state index contributed by atoms with van der Waals surface area (Å²) in [6, 6.07) is 21.3. The van der Waals surface area contributed by atoms with Gasteiger partial charge in [-0.3, -0.25) is 4.79 Å². The van der Waals surface area contributed by atoms with Gasteiger partial charge in [-0.2, -0.15) is 0 Å². The number of para-hydroxylation sites is 1. The molecular formula is C21H20N4O2. The molecule has 27 heavy (non-hydrogen) atoms. The summed E-state index contributed by atoms with van der Waals surface area (Å²) < 4.78 is 5.42. The second-order valence-electron chi connectivity index (χ2n) is 6.37. The topological polar surface area (TPSA) is 67.3 Å². The maximum Gasteiger partial charge on any atom is 0.263 e. The molecule has 0 bridgehead atoms. The Bertz CT molecular complexity index is 913. The van der Waals surface area contributed by atoms with Crippen molar-refractivity contribution in [3.63, 3.8) is 0 Å². The van der Waals surface area contributed by atoms with E-state index in [0.717, 1.165) is 25.3 Å². The fourth-order valence-corrected chi connectivity index (χ4v) is 3.10. The number of anilines is 2. The molecule has 6 heteroatoms. The van der Waals surface area contributed by atoms with Gasteiger partial charge in [0.25, 0.3) is 5.91 Å². The first-order valence-corrected chi connectivity index (χ1v) is 8.91. The van der Waals surface area contributed by atoms with Crippen LogP contribution in [0.25, 0.3) is 0 Å². The van der Waals surface area contributed by atoms with E-state index < -0.39 is 0 Å². The second kappa shape index (κ2) is 7.86. The molecule has 6 nitrogen and oxygen atoms in total. The summed E-state index contributed by atoms with van der Waals surface area (Å²) in [5.74, 6) is 1.60. The zero-order valence-electron chi connectivity index (χ0n) is 14.8. The number of hydrogen-bond acceptors (Lipinski definition) is 5. The van der Waals surface area contributed by atoms with Crippen molar-refractivity contribution in [2.45, 2.75) is 13.0 Å². The first-order valence-electron chi connectivity index (χ1n) is 8.91. The number of fused-ring (bicyclic) bond motifs is 1. The van der Waals surface area contributed by atoms with E-state index in [0.29, 0.717) is 11.6 Å². The van der Waals surface area contributed by atoms with Gasteiger partial charge in [0.2, 0.25) is 0 Å². The number of nitrogens with one attached hydrogen (secondary N) is 1. The fraction of sp³-hybridized carbons (Fsp3) is 0.190. The highest BCUT2D eigenvalue weighted by Crippen LogP contribution is 2.22. The van der Waals surface area contributed by atoms with Crippen molar-refractivity contribution in [1.82, 2.24) is 10.2 Å². The third-order valence-corrected chi connectivity index (χ3v) is 4.49. The monoisotopic (exact) mass is 360 g/mol. The van der Waals surface area contributed by atoms with Gasteiger partial charge < -0.3 is 15.0 Å². The van der Waals surface area contributed by atoms with Crippen molar-refractivity contribution in [2.24, 2.45) is 0 Å². The predicted octanol–water partition coefficient (Wildman–Crippen LogP) is 3.06. The SMILES string of the molecule is O=C(COc1ccccc1)Nc1ccc(N2CCc3ccccc3C2)nn1. The maximum atomic E-state index is 12.0. The lowest BCUT2D eigenvalue weighted by Crippen LogP contribution is -2.31. The van der Waals surface area contributed by atoms with Crippen LogP contribution in [0.15, 0.2) is 66.7 Å². The van der Waals surface area contributed by atoms with Crippen molar-refractivity contribution < 1.29 is 9.53 Å². The normalized spacial score (nSPS) is 13.0. The van der Waals surface area contributed by atoms with Crippen LogP contribution in [-0.2, 0) is 17.8 Å². The van der Waals surface area contributed by atoms with Crippen LogP contribution in [0.1, 0.15) is 11.1 Å². The van der Waals surface area contributed by atoms with Gasteiger partial charge in [-0.05, 0) is 41.8 Å². The summed E-state index contributed by atoms with van der Waals surface area (Å²) in [4.78, 5) is 14.2. The van der Waals surface area contributed by atoms with Crippen LogP contribution in [-0.4, -0.2) is 29.3 Å². The second-order valence-corrected chi connectivity index (χ2v) is 6.37. The lowest BCUT2D eigenvalue weighted by molar-refractivity contribution is -0.118. The summed E-state index contributed by atoms with van der Waals surface area (Å²) in [6.45, 7) is 1.65. The van der Waals surface area contributed by atoms with Crippen LogP contribution in [0.5, 0.6) is 5.75 Å². The fourth-order valence-electron chi connectivity index (χ4n) is 3.10. The van der Waals surface area contributed by atoms with Crippen LogP contribution in [0.3, 0.4) is 0 Å². The number of carbonyl (C=O) groups excluding carboxylic acids is 1. The molecule has 0 atom stereocenters. The van der Waals surface area contributed by atoms with E-state index in [-0.39, 0.29) is 12.5 Å². The van der Waals surface area contributed by atoms with E-state index >= 15 is 0 Å². The van der Waals surface area contributed by atoms with E-state index in [4.69, 9.17) is 4.74 Å². The highest BCUT2D eigenvalue weighted by Gasteiger charge is 2.17. The number of aromatic nitrogens is 2. The standard InChI is InChI=1S/C21H20N4O2/c26-21(15-27-18-8-2-1-3-9-18)22-19-10-11-20(24-23-19)25-13-12-16-6-4-5-7-17(16)14-25/h1-11H,12-15H2,(H,22,23,26). The minimum atomic E-state index is -0.271. The molecule has 1 amide bonds. The summed E-state index contributed by atoms with van der Waals surface area (Å²) >= 11 is 0.